The van der Waals surface area contributed by atoms with Crippen LogP contribution < -0.4 is 10.5 Å². The number of nitrogens with two attached hydrogens (primary N) is 1. The van der Waals surface area contributed by atoms with E-state index in [4.69, 9.17) is 10.5 Å². The maximum absolute atomic E-state index is 13.3. The highest BCUT2D eigenvalue weighted by Gasteiger charge is 2.29. The van der Waals surface area contributed by atoms with Crippen molar-refractivity contribution in [2.75, 3.05) is 20.2 Å². The van der Waals surface area contributed by atoms with Gasteiger partial charge in [0, 0.05) is 35.4 Å². The quantitative estimate of drug-likeness (QED) is 0.673. The van der Waals surface area contributed by atoms with Crippen molar-refractivity contribution >= 4 is 34.5 Å². The van der Waals surface area contributed by atoms with E-state index in [9.17, 15) is 9.59 Å². The van der Waals surface area contributed by atoms with Crippen molar-refractivity contribution in [2.45, 2.75) is 22.6 Å². The topological polar surface area (TPSA) is 88.4 Å². The summed E-state index contributed by atoms with van der Waals surface area (Å²) in [6.45, 7) is 1.06. The summed E-state index contributed by atoms with van der Waals surface area (Å²) in [6, 6.07) is 15.8. The van der Waals surface area contributed by atoms with Crippen LogP contribution >= 0.6 is 11.8 Å². The van der Waals surface area contributed by atoms with Gasteiger partial charge in [-0.1, -0.05) is 30.0 Å². The highest BCUT2D eigenvalue weighted by molar-refractivity contribution is 7.99. The fraction of sp³-hybridized carbons (Fsp3) is 0.273. The van der Waals surface area contributed by atoms with Crippen LogP contribution in [0.25, 0.3) is 10.9 Å². The highest BCUT2D eigenvalue weighted by atomic mass is 32.2. The van der Waals surface area contributed by atoms with Crippen LogP contribution in [-0.2, 0) is 4.79 Å². The zero-order chi connectivity index (χ0) is 20.4. The molecule has 0 atom stereocenters. The number of hydrogen-bond acceptors (Lipinski definition) is 4. The van der Waals surface area contributed by atoms with Crippen molar-refractivity contribution in [2.24, 2.45) is 11.7 Å². The van der Waals surface area contributed by atoms with Crippen molar-refractivity contribution in [1.29, 1.82) is 0 Å². The second kappa shape index (κ2) is 8.21. The van der Waals surface area contributed by atoms with Crippen LogP contribution in [0.3, 0.4) is 0 Å². The number of nitrogens with one attached hydrogen (secondary N) is 1. The van der Waals surface area contributed by atoms with E-state index in [0.29, 0.717) is 31.6 Å². The number of aromatic nitrogens is 1. The van der Waals surface area contributed by atoms with Crippen LogP contribution in [0.1, 0.15) is 23.3 Å². The number of rotatable bonds is 5. The molecule has 0 radical (unpaired) electrons. The monoisotopic (exact) mass is 409 g/mol. The zero-order valence-corrected chi connectivity index (χ0v) is 17.0. The molecule has 1 aliphatic heterocycles. The molecule has 3 aromatic rings. The maximum atomic E-state index is 13.3. The minimum atomic E-state index is -0.282. The SMILES string of the molecule is COc1ccc2c(Sc3ccccc3)c(C(=O)N3CCC(C(N)=O)CC3)[nH]c2c1. The number of likely N-dealkylation sites (tertiary alicyclic amines) is 1. The number of piperidine rings is 1. The Labute approximate surface area is 173 Å². The Hall–Kier alpha value is -2.93. The van der Waals surface area contributed by atoms with E-state index in [1.54, 1.807) is 23.8 Å². The molecule has 2 amide bonds. The highest BCUT2D eigenvalue weighted by Crippen LogP contribution is 2.38. The first-order valence-corrected chi connectivity index (χ1v) is 10.4. The van der Waals surface area contributed by atoms with E-state index in [1.165, 1.54) is 0 Å². The van der Waals surface area contributed by atoms with E-state index in [1.807, 2.05) is 48.5 Å². The van der Waals surface area contributed by atoms with Crippen LogP contribution in [0.4, 0.5) is 0 Å². The average Bonchev–Trinajstić information content (AvgIpc) is 3.11. The molecule has 1 fully saturated rings. The number of methoxy groups -OCH3 is 1. The molecule has 6 nitrogen and oxygen atoms in total. The molecule has 150 valence electrons. The molecular weight excluding hydrogens is 386 g/mol. The molecule has 2 heterocycles. The number of ether oxygens (including phenoxy) is 1. The van der Waals surface area contributed by atoms with Crippen molar-refractivity contribution < 1.29 is 14.3 Å². The Morgan fingerprint density at radius 2 is 1.86 bits per heavy atom. The Kier molecular flexibility index (Phi) is 5.49. The summed E-state index contributed by atoms with van der Waals surface area (Å²) in [5.74, 6) is 0.247. The van der Waals surface area contributed by atoms with E-state index in [2.05, 4.69) is 4.98 Å². The number of nitrogens with zero attached hydrogens (tertiary/aromatic N) is 1. The molecule has 0 spiro atoms. The second-order valence-corrected chi connectivity index (χ2v) is 8.21. The van der Waals surface area contributed by atoms with Gasteiger partial charge < -0.3 is 20.4 Å². The largest absolute Gasteiger partial charge is 0.497 e. The molecule has 1 saturated heterocycles. The molecule has 29 heavy (non-hydrogen) atoms. The Balaban J connectivity index is 1.69. The Bertz CT molecular complexity index is 1040. The third kappa shape index (κ3) is 3.96. The van der Waals surface area contributed by atoms with E-state index in [0.717, 1.165) is 26.4 Å². The standard InChI is InChI=1S/C22H23N3O3S/c1-28-15-7-8-17-18(13-15)24-19(20(17)29-16-5-3-2-4-6-16)22(27)25-11-9-14(10-12-25)21(23)26/h2-8,13-14,24H,9-12H2,1H3,(H2,23,26). The van der Waals surface area contributed by atoms with Crippen LogP contribution in [-0.4, -0.2) is 41.9 Å². The third-order valence-electron chi connectivity index (χ3n) is 5.32. The summed E-state index contributed by atoms with van der Waals surface area (Å²) >= 11 is 1.57. The minimum absolute atomic E-state index is 0.0541. The van der Waals surface area contributed by atoms with Gasteiger partial charge in [0.25, 0.3) is 5.91 Å². The number of H-pyrrole nitrogens is 1. The van der Waals surface area contributed by atoms with Gasteiger partial charge in [0.2, 0.25) is 5.91 Å². The minimum Gasteiger partial charge on any atom is -0.497 e. The van der Waals surface area contributed by atoms with Crippen molar-refractivity contribution in [3.63, 3.8) is 0 Å². The lowest BCUT2D eigenvalue weighted by molar-refractivity contribution is -0.123. The average molecular weight is 410 g/mol. The predicted molar refractivity (Wildman–Crippen MR) is 113 cm³/mol. The molecule has 3 N–H and O–H groups in total. The molecule has 1 aromatic heterocycles. The number of hydrogen-bond donors (Lipinski definition) is 2. The van der Waals surface area contributed by atoms with Crippen LogP contribution in [0.2, 0.25) is 0 Å². The van der Waals surface area contributed by atoms with E-state index < -0.39 is 0 Å². The summed E-state index contributed by atoms with van der Waals surface area (Å²) in [4.78, 5) is 31.8. The van der Waals surface area contributed by atoms with Gasteiger partial charge in [0.15, 0.2) is 0 Å². The van der Waals surface area contributed by atoms with Gasteiger partial charge in [-0.15, -0.1) is 0 Å². The number of primary amides is 1. The van der Waals surface area contributed by atoms with Gasteiger partial charge in [-0.05, 0) is 37.1 Å². The lowest BCUT2D eigenvalue weighted by Crippen LogP contribution is -2.42. The Morgan fingerprint density at radius 3 is 2.52 bits per heavy atom. The molecule has 0 unspecified atom stereocenters. The van der Waals surface area contributed by atoms with Gasteiger partial charge in [-0.3, -0.25) is 9.59 Å². The third-order valence-corrected chi connectivity index (χ3v) is 6.46. The summed E-state index contributed by atoms with van der Waals surface area (Å²) < 4.78 is 5.33. The van der Waals surface area contributed by atoms with Crippen molar-refractivity contribution in [3.05, 3.63) is 54.2 Å². The van der Waals surface area contributed by atoms with Crippen molar-refractivity contribution in [3.8, 4) is 5.75 Å². The van der Waals surface area contributed by atoms with Gasteiger partial charge >= 0.3 is 0 Å². The molecule has 0 bridgehead atoms. The van der Waals surface area contributed by atoms with Crippen molar-refractivity contribution in [1.82, 2.24) is 9.88 Å². The molecule has 2 aromatic carbocycles. The van der Waals surface area contributed by atoms with E-state index in [-0.39, 0.29) is 17.7 Å². The molecule has 7 heteroatoms. The zero-order valence-electron chi connectivity index (χ0n) is 16.2. The first kappa shape index (κ1) is 19.4. The van der Waals surface area contributed by atoms with Crippen LogP contribution in [0, 0.1) is 5.92 Å². The Morgan fingerprint density at radius 1 is 1.14 bits per heavy atom. The number of benzene rings is 2. The van der Waals surface area contributed by atoms with Gasteiger partial charge in [0.05, 0.1) is 17.5 Å². The summed E-state index contributed by atoms with van der Waals surface area (Å²) in [7, 11) is 1.62. The fourth-order valence-electron chi connectivity index (χ4n) is 3.67. The number of carbonyl (C=O) groups is 2. The summed E-state index contributed by atoms with van der Waals surface area (Å²) in [5.41, 5.74) is 6.85. The lowest BCUT2D eigenvalue weighted by atomic mass is 9.96. The maximum Gasteiger partial charge on any atom is 0.271 e. The first-order chi connectivity index (χ1) is 14.1. The lowest BCUT2D eigenvalue weighted by Gasteiger charge is -2.30. The number of carbonyl (C=O) groups excluding carboxylic acids is 2. The molecular formula is C22H23N3O3S. The number of aromatic amines is 1. The molecule has 0 saturated carbocycles. The molecule has 4 rings (SSSR count). The van der Waals surface area contributed by atoms with Gasteiger partial charge in [-0.2, -0.15) is 0 Å². The number of amides is 2. The molecule has 0 aliphatic carbocycles. The predicted octanol–water partition coefficient (Wildman–Crippen LogP) is 3.67. The summed E-state index contributed by atoms with van der Waals surface area (Å²) in [5, 5.41) is 0.982. The first-order valence-electron chi connectivity index (χ1n) is 9.58. The van der Waals surface area contributed by atoms with Crippen LogP contribution in [0.15, 0.2) is 58.3 Å². The molecule has 1 aliphatic rings. The number of fused-ring (bicyclic) bond motifs is 1. The van der Waals surface area contributed by atoms with Gasteiger partial charge in [-0.25, -0.2) is 0 Å². The van der Waals surface area contributed by atoms with Crippen LogP contribution in [0.5, 0.6) is 5.75 Å². The normalized spacial score (nSPS) is 14.9. The van der Waals surface area contributed by atoms with E-state index >= 15 is 0 Å². The second-order valence-electron chi connectivity index (χ2n) is 7.12. The van der Waals surface area contributed by atoms with Gasteiger partial charge in [0.1, 0.15) is 11.4 Å². The smallest absolute Gasteiger partial charge is 0.271 e. The summed E-state index contributed by atoms with van der Waals surface area (Å²) in [6.07, 6.45) is 1.21. The fourth-order valence-corrected chi connectivity index (χ4v) is 4.72.